The maximum Gasteiger partial charge on any atom is 0.273 e. The Balaban J connectivity index is 1.15. The second-order valence-corrected chi connectivity index (χ2v) is 8.85. The number of aromatic nitrogens is 1. The monoisotopic (exact) mass is 450 g/mol. The quantitative estimate of drug-likeness (QED) is 0.613. The Morgan fingerprint density at radius 2 is 1.66 bits per heavy atom. The standard InChI is InChI=1S/C24H23FN4O2S/c25-21-12-18(17-4-2-1-3-5-17)6-7-20(21)23(30)29-13-19(14-29)27-8-10-28(11-9-27)24(31)22-15-32-16-26-22/h1-7,12,15-16,19H,8-11,13-14H2. The molecule has 3 heterocycles. The number of rotatable bonds is 4. The van der Waals surface area contributed by atoms with Crippen molar-refractivity contribution in [3.8, 4) is 11.1 Å². The van der Waals surface area contributed by atoms with Crippen LogP contribution in [-0.2, 0) is 0 Å². The maximum atomic E-state index is 14.7. The van der Waals surface area contributed by atoms with Gasteiger partial charge < -0.3 is 9.80 Å². The fourth-order valence-electron chi connectivity index (χ4n) is 4.29. The van der Waals surface area contributed by atoms with E-state index in [9.17, 15) is 14.0 Å². The van der Waals surface area contributed by atoms with Crippen LogP contribution in [0, 0.1) is 5.82 Å². The fourth-order valence-corrected chi connectivity index (χ4v) is 4.82. The number of benzene rings is 2. The molecule has 0 atom stereocenters. The van der Waals surface area contributed by atoms with Gasteiger partial charge in [0.25, 0.3) is 11.8 Å². The Morgan fingerprint density at radius 1 is 0.906 bits per heavy atom. The molecule has 2 saturated heterocycles. The molecule has 32 heavy (non-hydrogen) atoms. The van der Waals surface area contributed by atoms with Crippen LogP contribution < -0.4 is 0 Å². The van der Waals surface area contributed by atoms with Gasteiger partial charge in [-0.2, -0.15) is 0 Å². The molecule has 3 aromatic rings. The molecule has 1 aromatic heterocycles. The first-order valence-electron chi connectivity index (χ1n) is 10.7. The van der Waals surface area contributed by atoms with E-state index in [0.717, 1.165) is 24.2 Å². The Kier molecular flexibility index (Phi) is 5.71. The van der Waals surface area contributed by atoms with Crippen LogP contribution in [0.25, 0.3) is 11.1 Å². The van der Waals surface area contributed by atoms with Crippen molar-refractivity contribution in [3.05, 3.63) is 76.5 Å². The van der Waals surface area contributed by atoms with Crippen molar-refractivity contribution in [2.45, 2.75) is 6.04 Å². The Hall–Kier alpha value is -3.10. The van der Waals surface area contributed by atoms with Gasteiger partial charge in [-0.1, -0.05) is 36.4 Å². The van der Waals surface area contributed by atoms with E-state index in [0.29, 0.717) is 31.9 Å². The van der Waals surface area contributed by atoms with Gasteiger partial charge in [0, 0.05) is 50.7 Å². The van der Waals surface area contributed by atoms with E-state index in [-0.39, 0.29) is 23.4 Å². The van der Waals surface area contributed by atoms with Crippen LogP contribution in [0.15, 0.2) is 59.4 Å². The van der Waals surface area contributed by atoms with Crippen molar-refractivity contribution < 1.29 is 14.0 Å². The number of hydrogen-bond acceptors (Lipinski definition) is 5. The zero-order chi connectivity index (χ0) is 22.1. The lowest BCUT2D eigenvalue weighted by molar-refractivity contribution is 0.00822. The van der Waals surface area contributed by atoms with E-state index in [1.807, 2.05) is 35.2 Å². The maximum absolute atomic E-state index is 14.7. The highest BCUT2D eigenvalue weighted by atomic mass is 32.1. The van der Waals surface area contributed by atoms with E-state index in [1.54, 1.807) is 27.9 Å². The summed E-state index contributed by atoms with van der Waals surface area (Å²) >= 11 is 1.42. The first kappa shape index (κ1) is 20.8. The molecular formula is C24H23FN4O2S. The van der Waals surface area contributed by atoms with Crippen LogP contribution >= 0.6 is 11.3 Å². The molecule has 164 valence electrons. The third-order valence-electron chi connectivity index (χ3n) is 6.23. The molecular weight excluding hydrogens is 427 g/mol. The smallest absolute Gasteiger partial charge is 0.273 e. The number of halogens is 1. The zero-order valence-electron chi connectivity index (χ0n) is 17.5. The van der Waals surface area contributed by atoms with Crippen LogP contribution in [0.4, 0.5) is 4.39 Å². The van der Waals surface area contributed by atoms with Crippen molar-refractivity contribution in [1.29, 1.82) is 0 Å². The van der Waals surface area contributed by atoms with Crippen molar-refractivity contribution in [2.75, 3.05) is 39.3 Å². The lowest BCUT2D eigenvalue weighted by Crippen LogP contribution is -2.64. The summed E-state index contributed by atoms with van der Waals surface area (Å²) in [5, 5.41) is 1.77. The number of carbonyl (C=O) groups is 2. The van der Waals surface area contributed by atoms with Gasteiger partial charge in [-0.25, -0.2) is 9.37 Å². The molecule has 5 rings (SSSR count). The summed E-state index contributed by atoms with van der Waals surface area (Å²) < 4.78 is 14.7. The van der Waals surface area contributed by atoms with Gasteiger partial charge in [0.2, 0.25) is 0 Å². The summed E-state index contributed by atoms with van der Waals surface area (Å²) in [6.45, 7) is 4.00. The predicted molar refractivity (Wildman–Crippen MR) is 121 cm³/mol. The Labute approximate surface area is 189 Å². The van der Waals surface area contributed by atoms with E-state index in [1.165, 1.54) is 17.4 Å². The summed E-state index contributed by atoms with van der Waals surface area (Å²) in [6.07, 6.45) is 0. The van der Waals surface area contributed by atoms with Crippen molar-refractivity contribution in [2.24, 2.45) is 0 Å². The van der Waals surface area contributed by atoms with Crippen LogP contribution in [0.1, 0.15) is 20.8 Å². The Morgan fingerprint density at radius 3 is 2.31 bits per heavy atom. The van der Waals surface area contributed by atoms with Gasteiger partial charge in [-0.05, 0) is 23.3 Å². The summed E-state index contributed by atoms with van der Waals surface area (Å²) in [7, 11) is 0. The predicted octanol–water partition coefficient (Wildman–Crippen LogP) is 3.23. The van der Waals surface area contributed by atoms with E-state index >= 15 is 0 Å². The summed E-state index contributed by atoms with van der Waals surface area (Å²) in [6, 6.07) is 14.6. The van der Waals surface area contributed by atoms with Gasteiger partial charge in [-0.3, -0.25) is 14.5 Å². The third-order valence-corrected chi connectivity index (χ3v) is 6.81. The van der Waals surface area contributed by atoms with Crippen molar-refractivity contribution in [3.63, 3.8) is 0 Å². The van der Waals surface area contributed by atoms with Crippen LogP contribution in [0.3, 0.4) is 0 Å². The second-order valence-electron chi connectivity index (χ2n) is 8.13. The van der Waals surface area contributed by atoms with Crippen LogP contribution in [0.5, 0.6) is 0 Å². The summed E-state index contributed by atoms with van der Waals surface area (Å²) in [5.74, 6) is -0.782. The zero-order valence-corrected chi connectivity index (χ0v) is 18.3. The minimum absolute atomic E-state index is 0.0225. The van der Waals surface area contributed by atoms with Crippen molar-refractivity contribution >= 4 is 23.2 Å². The van der Waals surface area contributed by atoms with Crippen LogP contribution in [-0.4, -0.2) is 76.8 Å². The molecule has 0 spiro atoms. The fraction of sp³-hybridized carbons (Fsp3) is 0.292. The number of hydrogen-bond donors (Lipinski definition) is 0. The van der Waals surface area contributed by atoms with Gasteiger partial charge >= 0.3 is 0 Å². The molecule has 2 aromatic carbocycles. The summed E-state index contributed by atoms with van der Waals surface area (Å²) in [5.41, 5.74) is 3.96. The highest BCUT2D eigenvalue weighted by Gasteiger charge is 2.37. The molecule has 6 nitrogen and oxygen atoms in total. The largest absolute Gasteiger partial charge is 0.335 e. The molecule has 0 saturated carbocycles. The van der Waals surface area contributed by atoms with Gasteiger partial charge in [0.1, 0.15) is 11.5 Å². The molecule has 0 unspecified atom stereocenters. The molecule has 2 amide bonds. The molecule has 2 aliphatic rings. The van der Waals surface area contributed by atoms with E-state index in [4.69, 9.17) is 0 Å². The van der Waals surface area contributed by atoms with E-state index in [2.05, 4.69) is 9.88 Å². The van der Waals surface area contributed by atoms with Gasteiger partial charge in [0.15, 0.2) is 0 Å². The molecule has 2 fully saturated rings. The number of likely N-dealkylation sites (tertiary alicyclic amines) is 1. The molecule has 2 aliphatic heterocycles. The highest BCUT2D eigenvalue weighted by Crippen LogP contribution is 2.25. The Bertz CT molecular complexity index is 1110. The number of piperazine rings is 1. The second kappa shape index (κ2) is 8.80. The van der Waals surface area contributed by atoms with Crippen molar-refractivity contribution in [1.82, 2.24) is 19.7 Å². The number of carbonyl (C=O) groups excluding carboxylic acids is 2. The molecule has 0 N–H and O–H groups in total. The number of amides is 2. The van der Waals surface area contributed by atoms with Crippen LogP contribution in [0.2, 0.25) is 0 Å². The first-order valence-corrected chi connectivity index (χ1v) is 11.6. The lowest BCUT2D eigenvalue weighted by atomic mass is 10.0. The average molecular weight is 451 g/mol. The average Bonchev–Trinajstić information content (AvgIpc) is 3.33. The summed E-state index contributed by atoms with van der Waals surface area (Å²) in [4.78, 5) is 35.2. The molecule has 0 radical (unpaired) electrons. The van der Waals surface area contributed by atoms with Gasteiger partial charge in [-0.15, -0.1) is 11.3 Å². The SMILES string of the molecule is O=C(c1cscn1)N1CCN(C2CN(C(=O)c3ccc(-c4ccccc4)cc3F)C2)CC1. The first-order chi connectivity index (χ1) is 15.6. The normalized spacial score (nSPS) is 17.3. The highest BCUT2D eigenvalue weighted by molar-refractivity contribution is 7.07. The lowest BCUT2D eigenvalue weighted by Gasteiger charge is -2.48. The third kappa shape index (κ3) is 4.03. The molecule has 8 heteroatoms. The topological polar surface area (TPSA) is 56.8 Å². The van der Waals surface area contributed by atoms with E-state index < -0.39 is 5.82 Å². The number of nitrogens with zero attached hydrogens (tertiary/aromatic N) is 4. The van der Waals surface area contributed by atoms with Gasteiger partial charge in [0.05, 0.1) is 11.1 Å². The molecule has 0 aliphatic carbocycles. The molecule has 0 bridgehead atoms. The number of thiazole rings is 1. The minimum Gasteiger partial charge on any atom is -0.335 e. The minimum atomic E-state index is -0.492.